The topological polar surface area (TPSA) is 37.3 Å². The van der Waals surface area contributed by atoms with E-state index in [1.807, 2.05) is 0 Å². The average Bonchev–Trinajstić information content (AvgIpc) is 2.10. The van der Waals surface area contributed by atoms with Crippen LogP contribution in [0.5, 0.6) is 0 Å². The molecule has 0 aliphatic heterocycles. The van der Waals surface area contributed by atoms with Crippen LogP contribution in [0.3, 0.4) is 0 Å². The van der Waals surface area contributed by atoms with E-state index in [2.05, 4.69) is 18.8 Å². The molecular formula is C11H18O2. The Labute approximate surface area is 80.3 Å². The molecule has 74 valence electrons. The van der Waals surface area contributed by atoms with E-state index in [4.69, 9.17) is 5.11 Å². The number of carbonyl (C=O) groups is 1. The van der Waals surface area contributed by atoms with Gasteiger partial charge in [-0.05, 0) is 13.3 Å². The number of rotatable bonds is 6. The first-order chi connectivity index (χ1) is 6.22. The molecule has 1 atom stereocenters. The summed E-state index contributed by atoms with van der Waals surface area (Å²) < 4.78 is 0. The summed E-state index contributed by atoms with van der Waals surface area (Å²) in [6.45, 7) is 3.85. The predicted octanol–water partition coefficient (Wildman–Crippen LogP) is 2.68. The third kappa shape index (κ3) is 6.21. The Balaban J connectivity index is 3.78. The molecule has 0 amide bonds. The number of carboxylic acid groups (broad SMARTS) is 1. The number of hydrogen-bond acceptors (Lipinski definition) is 1. The minimum atomic E-state index is -0.709. The monoisotopic (exact) mass is 182 g/mol. The molecule has 13 heavy (non-hydrogen) atoms. The molecule has 1 N–H and O–H groups in total. The standard InChI is InChI=1S/C11H18O2/c1-3-5-7-9-10(11(12)13)8-6-4-2/h10H,3,5,7-9H2,1-2H3,(H,12,13)/t10-/m0/s1. The maximum Gasteiger partial charge on any atom is 0.307 e. The first-order valence-corrected chi connectivity index (χ1v) is 4.84. The lowest BCUT2D eigenvalue weighted by molar-refractivity contribution is -0.141. The molecule has 0 aliphatic rings. The van der Waals surface area contributed by atoms with E-state index in [9.17, 15) is 4.79 Å². The molecule has 0 saturated heterocycles. The van der Waals surface area contributed by atoms with Crippen molar-refractivity contribution in [1.29, 1.82) is 0 Å². The Morgan fingerprint density at radius 1 is 1.46 bits per heavy atom. The van der Waals surface area contributed by atoms with Gasteiger partial charge in [-0.1, -0.05) is 26.2 Å². The van der Waals surface area contributed by atoms with Crippen LogP contribution in [0.2, 0.25) is 0 Å². The highest BCUT2D eigenvalue weighted by molar-refractivity contribution is 5.70. The fourth-order valence-corrected chi connectivity index (χ4v) is 1.18. The Hall–Kier alpha value is -0.970. The summed E-state index contributed by atoms with van der Waals surface area (Å²) in [6, 6.07) is 0. The van der Waals surface area contributed by atoms with Crippen molar-refractivity contribution in [2.24, 2.45) is 5.92 Å². The molecule has 2 nitrogen and oxygen atoms in total. The number of aliphatic carboxylic acids is 1. The van der Waals surface area contributed by atoms with Crippen LogP contribution < -0.4 is 0 Å². The third-order valence-corrected chi connectivity index (χ3v) is 2.03. The van der Waals surface area contributed by atoms with Crippen molar-refractivity contribution in [3.8, 4) is 11.8 Å². The molecular weight excluding hydrogens is 164 g/mol. The van der Waals surface area contributed by atoms with Crippen molar-refractivity contribution in [3.05, 3.63) is 0 Å². The quantitative estimate of drug-likeness (QED) is 0.506. The van der Waals surface area contributed by atoms with Crippen LogP contribution in [0.4, 0.5) is 0 Å². The zero-order chi connectivity index (χ0) is 10.1. The first kappa shape index (κ1) is 12.0. The molecule has 0 fully saturated rings. The second-order valence-electron chi connectivity index (χ2n) is 3.16. The highest BCUT2D eigenvalue weighted by atomic mass is 16.4. The van der Waals surface area contributed by atoms with Crippen molar-refractivity contribution >= 4 is 5.97 Å². The van der Waals surface area contributed by atoms with Crippen LogP contribution in [-0.2, 0) is 4.79 Å². The molecule has 0 rings (SSSR count). The SMILES string of the molecule is CC#CC[C@@H](CCCCC)C(=O)O. The van der Waals surface area contributed by atoms with Crippen LogP contribution >= 0.6 is 0 Å². The van der Waals surface area contributed by atoms with E-state index in [1.165, 1.54) is 0 Å². The van der Waals surface area contributed by atoms with Crippen molar-refractivity contribution in [3.63, 3.8) is 0 Å². The molecule has 2 heteroatoms. The summed E-state index contributed by atoms with van der Waals surface area (Å²) in [7, 11) is 0. The van der Waals surface area contributed by atoms with Crippen LogP contribution in [-0.4, -0.2) is 11.1 Å². The summed E-state index contributed by atoms with van der Waals surface area (Å²) >= 11 is 0. The van der Waals surface area contributed by atoms with Crippen molar-refractivity contribution in [1.82, 2.24) is 0 Å². The van der Waals surface area contributed by atoms with Gasteiger partial charge < -0.3 is 5.11 Å². The lowest BCUT2D eigenvalue weighted by Gasteiger charge is -2.07. The summed E-state index contributed by atoms with van der Waals surface area (Å²) in [4.78, 5) is 10.7. The van der Waals surface area contributed by atoms with Gasteiger partial charge in [0.1, 0.15) is 0 Å². The van der Waals surface area contributed by atoms with Crippen molar-refractivity contribution < 1.29 is 9.90 Å². The van der Waals surface area contributed by atoms with Crippen LogP contribution in [0.1, 0.15) is 46.0 Å². The zero-order valence-electron chi connectivity index (χ0n) is 8.47. The van der Waals surface area contributed by atoms with Gasteiger partial charge in [-0.15, -0.1) is 11.8 Å². The van der Waals surface area contributed by atoms with Gasteiger partial charge in [0, 0.05) is 6.42 Å². The number of unbranched alkanes of at least 4 members (excludes halogenated alkanes) is 2. The highest BCUT2D eigenvalue weighted by Crippen LogP contribution is 2.13. The molecule has 0 saturated carbocycles. The van der Waals surface area contributed by atoms with Crippen LogP contribution in [0, 0.1) is 17.8 Å². The Bertz CT molecular complexity index is 198. The minimum Gasteiger partial charge on any atom is -0.481 e. The average molecular weight is 182 g/mol. The Morgan fingerprint density at radius 2 is 2.15 bits per heavy atom. The van der Waals surface area contributed by atoms with Gasteiger partial charge in [-0.3, -0.25) is 4.79 Å². The highest BCUT2D eigenvalue weighted by Gasteiger charge is 2.14. The lowest BCUT2D eigenvalue weighted by atomic mass is 9.98. The second-order valence-corrected chi connectivity index (χ2v) is 3.16. The van der Waals surface area contributed by atoms with Gasteiger partial charge in [0.25, 0.3) is 0 Å². The molecule has 0 aromatic rings. The third-order valence-electron chi connectivity index (χ3n) is 2.03. The van der Waals surface area contributed by atoms with Gasteiger partial charge in [0.2, 0.25) is 0 Å². The molecule has 0 aliphatic carbocycles. The number of hydrogen-bond donors (Lipinski definition) is 1. The van der Waals surface area contributed by atoms with Gasteiger partial charge >= 0.3 is 5.97 Å². The van der Waals surface area contributed by atoms with E-state index in [0.29, 0.717) is 6.42 Å². The number of carboxylic acids is 1. The molecule has 0 unspecified atom stereocenters. The van der Waals surface area contributed by atoms with Gasteiger partial charge in [0.15, 0.2) is 0 Å². The summed E-state index contributed by atoms with van der Waals surface area (Å²) in [5.41, 5.74) is 0. The summed E-state index contributed by atoms with van der Waals surface area (Å²) in [6.07, 6.45) is 4.50. The van der Waals surface area contributed by atoms with Gasteiger partial charge in [0.05, 0.1) is 5.92 Å². The molecule has 0 aromatic carbocycles. The second kappa shape index (κ2) is 7.67. The Kier molecular flexibility index (Phi) is 7.10. The smallest absolute Gasteiger partial charge is 0.307 e. The predicted molar refractivity (Wildman–Crippen MR) is 53.3 cm³/mol. The van der Waals surface area contributed by atoms with Crippen molar-refractivity contribution in [2.75, 3.05) is 0 Å². The van der Waals surface area contributed by atoms with E-state index in [0.717, 1.165) is 25.7 Å². The normalized spacial score (nSPS) is 11.5. The van der Waals surface area contributed by atoms with E-state index in [1.54, 1.807) is 6.92 Å². The van der Waals surface area contributed by atoms with Crippen molar-refractivity contribution in [2.45, 2.75) is 46.0 Å². The van der Waals surface area contributed by atoms with E-state index in [-0.39, 0.29) is 5.92 Å². The molecule has 0 radical (unpaired) electrons. The Morgan fingerprint density at radius 3 is 2.62 bits per heavy atom. The van der Waals surface area contributed by atoms with Gasteiger partial charge in [-0.2, -0.15) is 0 Å². The maximum atomic E-state index is 10.7. The summed E-state index contributed by atoms with van der Waals surface area (Å²) in [5.74, 6) is 4.58. The fourth-order valence-electron chi connectivity index (χ4n) is 1.18. The van der Waals surface area contributed by atoms with Gasteiger partial charge in [-0.25, -0.2) is 0 Å². The lowest BCUT2D eigenvalue weighted by Crippen LogP contribution is -2.12. The molecule has 0 heterocycles. The maximum absolute atomic E-state index is 10.7. The molecule has 0 aromatic heterocycles. The van der Waals surface area contributed by atoms with E-state index < -0.39 is 5.97 Å². The largest absolute Gasteiger partial charge is 0.481 e. The molecule has 0 bridgehead atoms. The van der Waals surface area contributed by atoms with E-state index >= 15 is 0 Å². The molecule has 0 spiro atoms. The van der Waals surface area contributed by atoms with Crippen LogP contribution in [0.15, 0.2) is 0 Å². The zero-order valence-corrected chi connectivity index (χ0v) is 8.47. The first-order valence-electron chi connectivity index (χ1n) is 4.84. The fraction of sp³-hybridized carbons (Fsp3) is 0.727. The summed E-state index contributed by atoms with van der Waals surface area (Å²) in [5, 5.41) is 8.83. The van der Waals surface area contributed by atoms with Crippen LogP contribution in [0.25, 0.3) is 0 Å². The minimum absolute atomic E-state index is 0.265.